The van der Waals surface area contributed by atoms with Crippen LogP contribution < -0.4 is 0 Å². The molecule has 4 nitrogen and oxygen atoms in total. The number of hydrogen-bond acceptors (Lipinski definition) is 3. The quantitative estimate of drug-likeness (QED) is 0.135. The molecule has 422 valence electrons. The lowest BCUT2D eigenvalue weighted by Crippen LogP contribution is -2.15. The van der Waals surface area contributed by atoms with Gasteiger partial charge in [0.25, 0.3) is 0 Å². The number of aromatic nitrogens is 4. The van der Waals surface area contributed by atoms with Crippen molar-refractivity contribution in [3.63, 3.8) is 0 Å². The van der Waals surface area contributed by atoms with Crippen molar-refractivity contribution in [2.24, 2.45) is 0 Å². The van der Waals surface area contributed by atoms with Gasteiger partial charge < -0.3 is 0 Å². The fraction of sp³-hybridized carbons (Fsp3) is 0.0341. The van der Waals surface area contributed by atoms with Crippen LogP contribution in [0.5, 0.6) is 0 Å². The zero-order valence-electron chi connectivity index (χ0n) is 50.2. The average molecular weight is 1160 g/mol. The van der Waals surface area contributed by atoms with Crippen molar-refractivity contribution in [2.45, 2.75) is 19.3 Å². The third-order valence-electron chi connectivity index (χ3n) is 17.7. The van der Waals surface area contributed by atoms with Gasteiger partial charge in [-0.15, -0.1) is 51.4 Å². The van der Waals surface area contributed by atoms with E-state index in [1.165, 1.54) is 22.3 Å². The maximum absolute atomic E-state index is 6.40. The van der Waals surface area contributed by atoms with E-state index in [2.05, 4.69) is 181 Å². The van der Waals surface area contributed by atoms with E-state index in [4.69, 9.17) is 66.3 Å². The minimum Gasteiger partial charge on any atom is -0.278 e. The van der Waals surface area contributed by atoms with Crippen molar-refractivity contribution < 1.29 is 0 Å². The van der Waals surface area contributed by atoms with Crippen molar-refractivity contribution in [3.8, 4) is 205 Å². The molecule has 4 heteroatoms. The molecule has 1 aliphatic rings. The molecule has 11 aromatic carbocycles. The first-order chi connectivity index (χ1) is 45.0. The van der Waals surface area contributed by atoms with Crippen LogP contribution in [0.4, 0.5) is 0 Å². The van der Waals surface area contributed by atoms with E-state index in [1.807, 2.05) is 103 Å². The lowest BCUT2D eigenvalue weighted by molar-refractivity contribution is 0.661. The van der Waals surface area contributed by atoms with Crippen molar-refractivity contribution in [1.82, 2.24) is 19.5 Å². The number of terminal acetylenes is 8. The second-order valence-electron chi connectivity index (χ2n) is 23.0. The Morgan fingerprint density at radius 3 is 1.32 bits per heavy atom. The molecule has 0 N–H and O–H groups in total. The fourth-order valence-corrected chi connectivity index (χ4v) is 13.3. The molecule has 0 atom stereocenters. The maximum atomic E-state index is 6.40. The van der Waals surface area contributed by atoms with Crippen LogP contribution >= 0.6 is 0 Å². The molecule has 0 spiro atoms. The summed E-state index contributed by atoms with van der Waals surface area (Å²) in [6, 6.07) is 73.7. The molecular weight excluding hydrogens is 1110 g/mol. The average Bonchev–Trinajstić information content (AvgIpc) is 1.55. The molecular formula is C88H50N4. The number of nitrogens with zero attached hydrogens (tertiary/aromatic N) is 4. The first-order valence-corrected chi connectivity index (χ1v) is 29.7. The first kappa shape index (κ1) is 56.5. The van der Waals surface area contributed by atoms with Gasteiger partial charge in [0.1, 0.15) is 0 Å². The Labute approximate surface area is 536 Å². The summed E-state index contributed by atoms with van der Waals surface area (Å²) in [7, 11) is 0. The van der Waals surface area contributed by atoms with Gasteiger partial charge in [-0.1, -0.05) is 195 Å². The summed E-state index contributed by atoms with van der Waals surface area (Å²) in [5, 5.41) is 2.15. The zero-order chi connectivity index (χ0) is 63.4. The van der Waals surface area contributed by atoms with Crippen LogP contribution in [-0.2, 0) is 5.41 Å². The Balaban J connectivity index is 1.09. The number of rotatable bonds is 9. The molecule has 0 saturated carbocycles. The highest BCUT2D eigenvalue weighted by atomic mass is 15.2. The van der Waals surface area contributed by atoms with Crippen LogP contribution in [0.2, 0.25) is 0 Å². The molecule has 0 amide bonds. The molecule has 92 heavy (non-hydrogen) atoms. The number of hydrogen-bond donors (Lipinski definition) is 0. The highest BCUT2D eigenvalue weighted by Gasteiger charge is 2.36. The van der Waals surface area contributed by atoms with Gasteiger partial charge in [0.05, 0.1) is 11.0 Å². The predicted octanol–water partition coefficient (Wildman–Crippen LogP) is 18.5. The molecule has 14 rings (SSSR count). The van der Waals surface area contributed by atoms with E-state index in [0.717, 1.165) is 94.1 Å². The van der Waals surface area contributed by atoms with Gasteiger partial charge >= 0.3 is 0 Å². The Morgan fingerprint density at radius 2 is 0.739 bits per heavy atom. The highest BCUT2D eigenvalue weighted by molar-refractivity contribution is 6.11. The second kappa shape index (κ2) is 22.8. The summed E-state index contributed by atoms with van der Waals surface area (Å²) >= 11 is 0. The molecule has 0 saturated heterocycles. The molecule has 0 aliphatic heterocycles. The number of fused-ring (bicyclic) bond motifs is 6. The summed E-state index contributed by atoms with van der Waals surface area (Å²) < 4.78 is 2.18. The summed E-state index contributed by atoms with van der Waals surface area (Å²) in [5.41, 5.74) is 22.1. The van der Waals surface area contributed by atoms with Crippen molar-refractivity contribution >= 4 is 21.8 Å². The lowest BCUT2D eigenvalue weighted by Gasteiger charge is -2.21. The van der Waals surface area contributed by atoms with Gasteiger partial charge in [-0.05, 0) is 174 Å². The molecule has 2 aromatic heterocycles. The molecule has 0 bridgehead atoms. The smallest absolute Gasteiger partial charge is 0.238 e. The van der Waals surface area contributed by atoms with E-state index in [1.54, 1.807) is 0 Å². The zero-order valence-corrected chi connectivity index (χ0v) is 50.2. The van der Waals surface area contributed by atoms with Gasteiger partial charge in [0.2, 0.25) is 5.95 Å². The summed E-state index contributed by atoms with van der Waals surface area (Å²) in [6.45, 7) is 4.59. The summed E-state index contributed by atoms with van der Waals surface area (Å²) in [4.78, 5) is 16.5. The van der Waals surface area contributed by atoms with Crippen LogP contribution in [0, 0.1) is 98.8 Å². The van der Waals surface area contributed by atoms with Gasteiger partial charge in [-0.25, -0.2) is 4.98 Å². The summed E-state index contributed by atoms with van der Waals surface area (Å²) in [6.07, 6.45) is 49.9. The monoisotopic (exact) mass is 1160 g/mol. The van der Waals surface area contributed by atoms with Crippen LogP contribution in [0.25, 0.3) is 128 Å². The van der Waals surface area contributed by atoms with Crippen molar-refractivity contribution in [2.75, 3.05) is 0 Å². The summed E-state index contributed by atoms with van der Waals surface area (Å²) in [5.74, 6) is 24.2. The van der Waals surface area contributed by atoms with Crippen LogP contribution in [0.1, 0.15) is 69.5 Å². The van der Waals surface area contributed by atoms with E-state index in [9.17, 15) is 0 Å². The van der Waals surface area contributed by atoms with Crippen LogP contribution in [-0.4, -0.2) is 19.5 Å². The number of para-hydroxylation sites is 1. The van der Waals surface area contributed by atoms with Crippen LogP contribution in [0.3, 0.4) is 0 Å². The van der Waals surface area contributed by atoms with E-state index in [0.29, 0.717) is 67.7 Å². The van der Waals surface area contributed by atoms with Gasteiger partial charge in [0, 0.05) is 71.8 Å². The maximum Gasteiger partial charge on any atom is 0.238 e. The Morgan fingerprint density at radius 1 is 0.283 bits per heavy atom. The molecule has 0 radical (unpaired) electrons. The topological polar surface area (TPSA) is 43.6 Å². The SMILES string of the molecule is C#Cc1cccc(-c2cc(-c3cc(-c4ccc(-c5cccc(C#C)c5C#C)c(-c5cccc(C#C)c5C#C)c4)cc(-c4nc(-c5ccccc5)nc(-n5c6ccccc6c6cc7c(cc65)C(C)(C)c5ccccc5-7)n4)c3)cc(-c3cccc(C#C)c3C#C)c2)c1C#C. The third kappa shape index (κ3) is 9.28. The van der Waals surface area contributed by atoms with Crippen molar-refractivity contribution in [1.29, 1.82) is 0 Å². The molecule has 13 aromatic rings. The first-order valence-electron chi connectivity index (χ1n) is 29.7. The Hall–Kier alpha value is -13.3. The standard InChI is InChI=1S/C88H50N4/c1-11-55-32-26-38-71(67(55)15-5)64-47-63(48-65(51-64)72-39-27-33-56(12-2)68(72)16-6)62-46-61(60-44-45-75(73-40-28-34-57(13-3)69(73)17-7)78(52-60)74-41-29-35-58(14-4)70(74)18-8)49-66(50-62)86-89-85(59-30-20-19-21-31-59)90-87(91-86)92-83-43-25-23-37-77(83)80-53-79-76-36-22-24-42-81(76)88(9,10)82(79)54-84(80)92/h1-8,19-54H,9-10H3. The second-order valence-corrected chi connectivity index (χ2v) is 23.0. The molecule has 0 fully saturated rings. The molecule has 1 aliphatic carbocycles. The lowest BCUT2D eigenvalue weighted by atomic mass is 9.82. The van der Waals surface area contributed by atoms with Gasteiger partial charge in [-0.3, -0.25) is 4.57 Å². The van der Waals surface area contributed by atoms with Gasteiger partial charge in [-0.2, -0.15) is 9.97 Å². The Kier molecular flexibility index (Phi) is 14.0. The van der Waals surface area contributed by atoms with Crippen LogP contribution in [0.15, 0.2) is 218 Å². The normalized spacial score (nSPS) is 11.6. The molecule has 0 unspecified atom stereocenters. The minimum atomic E-state index is -0.284. The van der Waals surface area contributed by atoms with E-state index in [-0.39, 0.29) is 5.41 Å². The Bertz CT molecular complexity index is 5610. The predicted molar refractivity (Wildman–Crippen MR) is 379 cm³/mol. The molecule has 2 heterocycles. The third-order valence-corrected chi connectivity index (χ3v) is 17.7. The fourth-order valence-electron chi connectivity index (χ4n) is 13.3. The van der Waals surface area contributed by atoms with Crippen molar-refractivity contribution in [3.05, 3.63) is 274 Å². The highest BCUT2D eigenvalue weighted by Crippen LogP contribution is 2.51. The number of benzene rings is 11. The van der Waals surface area contributed by atoms with E-state index < -0.39 is 0 Å². The largest absolute Gasteiger partial charge is 0.278 e. The van der Waals surface area contributed by atoms with E-state index >= 15 is 0 Å². The minimum absolute atomic E-state index is 0.284. The van der Waals surface area contributed by atoms with Gasteiger partial charge in [0.15, 0.2) is 11.6 Å².